The van der Waals surface area contributed by atoms with Crippen LogP contribution in [0.1, 0.15) is 63.6 Å². The van der Waals surface area contributed by atoms with Crippen molar-refractivity contribution < 1.29 is 17.9 Å². The van der Waals surface area contributed by atoms with Gasteiger partial charge in [0.25, 0.3) is 10.0 Å². The van der Waals surface area contributed by atoms with Crippen molar-refractivity contribution in [2.24, 2.45) is 0 Å². The average molecular weight is 448 g/mol. The number of rotatable bonds is 5. The van der Waals surface area contributed by atoms with E-state index in [1.165, 1.54) is 29.5 Å². The molecule has 1 saturated carbocycles. The van der Waals surface area contributed by atoms with Crippen LogP contribution in [0.2, 0.25) is 0 Å². The molecule has 1 fully saturated rings. The molecule has 2 aliphatic rings. The van der Waals surface area contributed by atoms with Crippen molar-refractivity contribution in [3.63, 3.8) is 0 Å². The molecular weight excluding hydrogens is 422 g/mol. The summed E-state index contributed by atoms with van der Waals surface area (Å²) in [6.07, 6.45) is 5.87. The minimum Gasteiger partial charge on any atom is -0.464 e. The molecule has 0 radical (unpaired) electrons. The van der Waals surface area contributed by atoms with Crippen molar-refractivity contribution in [1.82, 2.24) is 3.97 Å². The van der Waals surface area contributed by atoms with Crippen LogP contribution in [0.5, 0.6) is 0 Å². The van der Waals surface area contributed by atoms with Crippen molar-refractivity contribution >= 4 is 27.6 Å². The van der Waals surface area contributed by atoms with E-state index in [2.05, 4.69) is 30.3 Å². The Balaban J connectivity index is 1.62. The van der Waals surface area contributed by atoms with Crippen LogP contribution >= 0.6 is 0 Å². The maximum atomic E-state index is 13.5. The lowest BCUT2D eigenvalue weighted by Crippen LogP contribution is -2.21. The quantitative estimate of drug-likeness (QED) is 0.505. The van der Waals surface area contributed by atoms with Crippen LogP contribution in [-0.4, -0.2) is 25.5 Å². The maximum absolute atomic E-state index is 13.5. The second-order valence-electron chi connectivity index (χ2n) is 8.58. The minimum atomic E-state index is -3.94. The summed E-state index contributed by atoms with van der Waals surface area (Å²) in [7, 11) is -2.67. The van der Waals surface area contributed by atoms with Crippen molar-refractivity contribution in [3.05, 3.63) is 88.2 Å². The first-order valence-corrected chi connectivity index (χ1v) is 12.3. The summed E-state index contributed by atoms with van der Waals surface area (Å²) in [6, 6.07) is 16.8. The summed E-state index contributed by atoms with van der Waals surface area (Å²) in [5, 5.41) is 0. The number of carbonyl (C=O) groups excluding carboxylic acids is 1. The van der Waals surface area contributed by atoms with Gasteiger partial charge in [0.15, 0.2) is 0 Å². The number of ether oxygens (including phenoxy) is 1. The standard InChI is InChI=1S/C26H25NO4S/c1-17-6-11-22(12-7-17)32(29,30)27-24-13-10-21(23(24)16-25(27)26(28)31-2)15-18-4-3-5-20(14-18)19-8-9-19/h3-7,11-12,14-16,19H,8-10,13H2,1-2H3. The highest BCUT2D eigenvalue weighted by Gasteiger charge is 2.33. The molecular formula is C26H25NO4S. The lowest BCUT2D eigenvalue weighted by atomic mass is 10.0. The topological polar surface area (TPSA) is 65.4 Å². The Bertz CT molecular complexity index is 1340. The van der Waals surface area contributed by atoms with Gasteiger partial charge in [0.05, 0.1) is 12.0 Å². The molecule has 2 aromatic carbocycles. The Hall–Kier alpha value is -3.12. The Morgan fingerprint density at radius 1 is 1.06 bits per heavy atom. The van der Waals surface area contributed by atoms with Gasteiger partial charge in [-0.3, -0.25) is 0 Å². The highest BCUT2D eigenvalue weighted by atomic mass is 32.2. The van der Waals surface area contributed by atoms with Crippen LogP contribution < -0.4 is 0 Å². The van der Waals surface area contributed by atoms with Crippen molar-refractivity contribution in [1.29, 1.82) is 0 Å². The van der Waals surface area contributed by atoms with Crippen LogP contribution in [0.3, 0.4) is 0 Å². The third kappa shape index (κ3) is 3.58. The van der Waals surface area contributed by atoms with Crippen LogP contribution in [-0.2, 0) is 21.2 Å². The summed E-state index contributed by atoms with van der Waals surface area (Å²) < 4.78 is 33.2. The van der Waals surface area contributed by atoms with E-state index in [0.29, 0.717) is 18.0 Å². The van der Waals surface area contributed by atoms with Crippen LogP contribution in [0, 0.1) is 6.92 Å². The largest absolute Gasteiger partial charge is 0.464 e. The lowest BCUT2D eigenvalue weighted by molar-refractivity contribution is 0.0592. The smallest absolute Gasteiger partial charge is 0.355 e. The lowest BCUT2D eigenvalue weighted by Gasteiger charge is -2.12. The number of nitrogens with zero attached hydrogens (tertiary/aromatic N) is 1. The van der Waals surface area contributed by atoms with Gasteiger partial charge in [-0.1, -0.05) is 48.0 Å². The number of carbonyl (C=O) groups is 1. The molecule has 0 saturated heterocycles. The summed E-state index contributed by atoms with van der Waals surface area (Å²) in [6.45, 7) is 1.90. The monoisotopic (exact) mass is 447 g/mol. The van der Waals surface area contributed by atoms with E-state index in [-0.39, 0.29) is 10.6 Å². The van der Waals surface area contributed by atoms with Gasteiger partial charge in [0.2, 0.25) is 0 Å². The molecule has 0 amide bonds. The second-order valence-corrected chi connectivity index (χ2v) is 10.4. The van der Waals surface area contributed by atoms with Gasteiger partial charge < -0.3 is 4.74 Å². The first-order chi connectivity index (χ1) is 15.4. The molecule has 5 rings (SSSR count). The number of esters is 1. The van der Waals surface area contributed by atoms with E-state index >= 15 is 0 Å². The van der Waals surface area contributed by atoms with Gasteiger partial charge in [-0.05, 0) is 73.4 Å². The fourth-order valence-electron chi connectivity index (χ4n) is 4.44. The predicted molar refractivity (Wildman–Crippen MR) is 124 cm³/mol. The summed E-state index contributed by atoms with van der Waals surface area (Å²) in [5.74, 6) is 0.00400. The van der Waals surface area contributed by atoms with Gasteiger partial charge in [-0.2, -0.15) is 0 Å². The number of hydrogen-bond donors (Lipinski definition) is 0. The van der Waals surface area contributed by atoms with Crippen molar-refractivity contribution in [2.75, 3.05) is 7.11 Å². The van der Waals surface area contributed by atoms with Gasteiger partial charge in [-0.15, -0.1) is 0 Å². The van der Waals surface area contributed by atoms with E-state index < -0.39 is 16.0 Å². The van der Waals surface area contributed by atoms with Gasteiger partial charge in [0, 0.05) is 11.3 Å². The Morgan fingerprint density at radius 3 is 2.50 bits per heavy atom. The summed E-state index contributed by atoms with van der Waals surface area (Å²) in [5.41, 5.74) is 5.94. The van der Waals surface area contributed by atoms with Crippen LogP contribution in [0.4, 0.5) is 0 Å². The zero-order valence-corrected chi connectivity index (χ0v) is 19.0. The first-order valence-electron chi connectivity index (χ1n) is 10.8. The molecule has 2 aliphatic carbocycles. The second kappa shape index (κ2) is 7.78. The molecule has 1 heterocycles. The highest BCUT2D eigenvalue weighted by molar-refractivity contribution is 7.90. The van der Waals surface area contributed by atoms with Gasteiger partial charge in [0.1, 0.15) is 5.69 Å². The van der Waals surface area contributed by atoms with E-state index in [4.69, 9.17) is 4.74 Å². The van der Waals surface area contributed by atoms with Gasteiger partial charge in [-0.25, -0.2) is 17.2 Å². The van der Waals surface area contributed by atoms with E-state index in [1.807, 2.05) is 6.92 Å². The fraction of sp³-hybridized carbons (Fsp3) is 0.269. The molecule has 0 atom stereocenters. The molecule has 3 aromatic rings. The minimum absolute atomic E-state index is 0.0374. The number of methoxy groups -OCH3 is 1. The number of fused-ring (bicyclic) bond motifs is 1. The van der Waals surface area contributed by atoms with Crippen LogP contribution in [0.25, 0.3) is 11.6 Å². The zero-order valence-electron chi connectivity index (χ0n) is 18.2. The zero-order chi connectivity index (χ0) is 22.5. The van der Waals surface area contributed by atoms with E-state index in [9.17, 15) is 13.2 Å². The highest BCUT2D eigenvalue weighted by Crippen LogP contribution is 2.41. The number of hydrogen-bond acceptors (Lipinski definition) is 4. The molecule has 0 bridgehead atoms. The van der Waals surface area contributed by atoms with E-state index in [1.54, 1.807) is 30.3 Å². The third-order valence-electron chi connectivity index (χ3n) is 6.29. The molecule has 6 heteroatoms. The fourth-order valence-corrected chi connectivity index (χ4v) is 6.00. The number of aromatic nitrogens is 1. The van der Waals surface area contributed by atoms with E-state index in [0.717, 1.165) is 28.7 Å². The number of aryl methyl sites for hydroxylation is 1. The van der Waals surface area contributed by atoms with Gasteiger partial charge >= 0.3 is 5.97 Å². The molecule has 1 aromatic heterocycles. The summed E-state index contributed by atoms with van der Waals surface area (Å²) in [4.78, 5) is 12.7. The Kier molecular flexibility index (Phi) is 5.05. The van der Waals surface area contributed by atoms with Crippen LogP contribution in [0.15, 0.2) is 59.5 Å². The molecule has 0 aliphatic heterocycles. The van der Waals surface area contributed by atoms with Crippen molar-refractivity contribution in [3.8, 4) is 0 Å². The molecule has 0 unspecified atom stereocenters. The maximum Gasteiger partial charge on any atom is 0.355 e. The first kappa shape index (κ1) is 20.8. The SMILES string of the molecule is COC(=O)c1cc2c(n1S(=O)(=O)c1ccc(C)cc1)CCC2=Cc1cccc(C2CC2)c1. The Morgan fingerprint density at radius 2 is 1.81 bits per heavy atom. The molecule has 32 heavy (non-hydrogen) atoms. The summed E-state index contributed by atoms with van der Waals surface area (Å²) >= 11 is 0. The number of allylic oxidation sites excluding steroid dienone is 1. The molecule has 0 N–H and O–H groups in total. The Labute approximate surface area is 188 Å². The predicted octanol–water partition coefficient (Wildman–Crippen LogP) is 5.18. The molecule has 164 valence electrons. The average Bonchev–Trinajstić information content (AvgIpc) is 3.47. The normalized spacial score (nSPS) is 16.9. The molecule has 0 spiro atoms. The van der Waals surface area contributed by atoms with Crippen molar-refractivity contribution in [2.45, 2.75) is 43.4 Å². The molecule has 5 nitrogen and oxygen atoms in total. The third-order valence-corrected chi connectivity index (χ3v) is 8.05. The number of benzene rings is 2.